The largest absolute Gasteiger partial charge is 0.316 e. The van der Waals surface area contributed by atoms with E-state index in [0.717, 1.165) is 38.2 Å². The fourth-order valence-electron chi connectivity index (χ4n) is 2.49. The van der Waals surface area contributed by atoms with E-state index in [1.54, 1.807) is 0 Å². The average Bonchev–Trinajstić information content (AvgIpc) is 2.53. The van der Waals surface area contributed by atoms with Gasteiger partial charge in [-0.25, -0.2) is 0 Å². The standard InChI is InChI=1S/C19H26N3/c1-16(12-17-6-4-3-5-7-17)8-10-21-15-19-13-18(14-20-2)9-11-22-19/h3-7,9,11,13,20-21H,8,10,12,14-15H2,1-2H3. The summed E-state index contributed by atoms with van der Waals surface area (Å²) in [7, 11) is 1.96. The summed E-state index contributed by atoms with van der Waals surface area (Å²) < 4.78 is 0. The van der Waals surface area contributed by atoms with Crippen molar-refractivity contribution in [2.45, 2.75) is 32.9 Å². The number of nitrogens with zero attached hydrogens (tertiary/aromatic N) is 1. The van der Waals surface area contributed by atoms with Crippen molar-refractivity contribution in [1.82, 2.24) is 15.6 Å². The lowest BCUT2D eigenvalue weighted by Gasteiger charge is -2.12. The SMILES string of the molecule is CNCc1ccnc(CNCC[C](C)Cc2ccccc2)c1. The molecule has 3 nitrogen and oxygen atoms in total. The van der Waals surface area contributed by atoms with Gasteiger partial charge < -0.3 is 10.6 Å². The van der Waals surface area contributed by atoms with E-state index in [9.17, 15) is 0 Å². The molecule has 1 radical (unpaired) electrons. The molecule has 0 amide bonds. The van der Waals surface area contributed by atoms with Crippen LogP contribution in [0.25, 0.3) is 0 Å². The Morgan fingerprint density at radius 2 is 1.86 bits per heavy atom. The lowest BCUT2D eigenvalue weighted by molar-refractivity contribution is 0.635. The molecule has 117 valence electrons. The van der Waals surface area contributed by atoms with Crippen LogP contribution in [0, 0.1) is 5.92 Å². The Morgan fingerprint density at radius 1 is 1.05 bits per heavy atom. The molecule has 0 aliphatic rings. The number of aromatic nitrogens is 1. The lowest BCUT2D eigenvalue weighted by Crippen LogP contribution is -2.18. The minimum atomic E-state index is 0.830. The van der Waals surface area contributed by atoms with Crippen LogP contribution in [0.5, 0.6) is 0 Å². The van der Waals surface area contributed by atoms with Crippen LogP contribution in [0.4, 0.5) is 0 Å². The fourth-order valence-corrected chi connectivity index (χ4v) is 2.49. The Kier molecular flexibility index (Phi) is 7.07. The van der Waals surface area contributed by atoms with Gasteiger partial charge in [0.1, 0.15) is 0 Å². The number of pyridine rings is 1. The smallest absolute Gasteiger partial charge is 0.0544 e. The Balaban J connectivity index is 1.67. The molecule has 0 fully saturated rings. The number of nitrogens with one attached hydrogen (secondary N) is 2. The van der Waals surface area contributed by atoms with Crippen LogP contribution in [0.3, 0.4) is 0 Å². The van der Waals surface area contributed by atoms with Gasteiger partial charge in [0.25, 0.3) is 0 Å². The molecule has 0 unspecified atom stereocenters. The van der Waals surface area contributed by atoms with Gasteiger partial charge in [0.15, 0.2) is 0 Å². The Morgan fingerprint density at radius 3 is 2.64 bits per heavy atom. The van der Waals surface area contributed by atoms with Crippen molar-refractivity contribution in [3.8, 4) is 0 Å². The highest BCUT2D eigenvalue weighted by Gasteiger charge is 2.04. The molecule has 1 heterocycles. The second-order valence-electron chi connectivity index (χ2n) is 5.73. The van der Waals surface area contributed by atoms with Gasteiger partial charge in [0.05, 0.1) is 5.69 Å². The van der Waals surface area contributed by atoms with Crippen molar-refractivity contribution in [3.63, 3.8) is 0 Å². The molecule has 0 saturated carbocycles. The van der Waals surface area contributed by atoms with Gasteiger partial charge in [-0.2, -0.15) is 0 Å². The molecule has 2 aromatic rings. The van der Waals surface area contributed by atoms with Gasteiger partial charge >= 0.3 is 0 Å². The van der Waals surface area contributed by atoms with Crippen LogP contribution in [-0.4, -0.2) is 18.6 Å². The normalized spacial score (nSPS) is 11.0. The van der Waals surface area contributed by atoms with Crippen molar-refractivity contribution >= 4 is 0 Å². The van der Waals surface area contributed by atoms with Crippen molar-refractivity contribution in [2.75, 3.05) is 13.6 Å². The molecular weight excluding hydrogens is 270 g/mol. The third kappa shape index (κ3) is 5.96. The molecule has 1 aromatic carbocycles. The summed E-state index contributed by atoms with van der Waals surface area (Å²) in [5.41, 5.74) is 3.77. The monoisotopic (exact) mass is 296 g/mol. The molecule has 0 spiro atoms. The molecule has 0 aliphatic heterocycles. The lowest BCUT2D eigenvalue weighted by atomic mass is 9.98. The molecule has 0 bridgehead atoms. The number of benzene rings is 1. The zero-order chi connectivity index (χ0) is 15.6. The number of hydrogen-bond acceptors (Lipinski definition) is 3. The van der Waals surface area contributed by atoms with E-state index in [1.807, 2.05) is 13.2 Å². The van der Waals surface area contributed by atoms with Gasteiger partial charge in [-0.15, -0.1) is 0 Å². The van der Waals surface area contributed by atoms with Gasteiger partial charge in [-0.3, -0.25) is 4.98 Å². The van der Waals surface area contributed by atoms with Gasteiger partial charge in [0, 0.05) is 19.3 Å². The fraction of sp³-hybridized carbons (Fsp3) is 0.368. The molecule has 0 atom stereocenters. The summed E-state index contributed by atoms with van der Waals surface area (Å²) in [6.07, 6.45) is 4.06. The number of hydrogen-bond donors (Lipinski definition) is 2. The van der Waals surface area contributed by atoms with E-state index in [4.69, 9.17) is 0 Å². The summed E-state index contributed by atoms with van der Waals surface area (Å²) in [5, 5.41) is 6.65. The quantitative estimate of drug-likeness (QED) is 0.698. The molecule has 2 N–H and O–H groups in total. The number of rotatable bonds is 9. The first-order chi connectivity index (χ1) is 10.8. The van der Waals surface area contributed by atoms with Gasteiger partial charge in [-0.1, -0.05) is 37.3 Å². The highest BCUT2D eigenvalue weighted by molar-refractivity contribution is 5.18. The van der Waals surface area contributed by atoms with Crippen LogP contribution >= 0.6 is 0 Å². The third-order valence-electron chi connectivity index (χ3n) is 3.65. The Labute approximate surface area is 134 Å². The highest BCUT2D eigenvalue weighted by Crippen LogP contribution is 2.12. The molecule has 22 heavy (non-hydrogen) atoms. The second-order valence-corrected chi connectivity index (χ2v) is 5.73. The maximum absolute atomic E-state index is 4.41. The average molecular weight is 296 g/mol. The van der Waals surface area contributed by atoms with Crippen LogP contribution in [0.15, 0.2) is 48.7 Å². The molecule has 1 aromatic heterocycles. The second kappa shape index (κ2) is 9.34. The predicted molar refractivity (Wildman–Crippen MR) is 92.4 cm³/mol. The molecule has 3 heteroatoms. The van der Waals surface area contributed by atoms with Crippen molar-refractivity contribution in [3.05, 3.63) is 71.4 Å². The van der Waals surface area contributed by atoms with E-state index < -0.39 is 0 Å². The minimum absolute atomic E-state index is 0.830. The van der Waals surface area contributed by atoms with E-state index in [0.29, 0.717) is 0 Å². The Bertz CT molecular complexity index is 539. The first kappa shape index (κ1) is 16.7. The first-order valence-electron chi connectivity index (χ1n) is 7.92. The summed E-state index contributed by atoms with van der Waals surface area (Å²) in [6, 6.07) is 14.9. The van der Waals surface area contributed by atoms with E-state index in [-0.39, 0.29) is 0 Å². The van der Waals surface area contributed by atoms with E-state index in [2.05, 4.69) is 65.0 Å². The van der Waals surface area contributed by atoms with Gasteiger partial charge in [0.2, 0.25) is 0 Å². The van der Waals surface area contributed by atoms with Crippen molar-refractivity contribution in [2.24, 2.45) is 0 Å². The molecule has 0 aliphatic carbocycles. The summed E-state index contributed by atoms with van der Waals surface area (Å²) in [6.45, 7) is 4.95. The molecular formula is C19H26N3. The van der Waals surface area contributed by atoms with Crippen LogP contribution in [0.2, 0.25) is 0 Å². The Hall–Kier alpha value is -1.71. The summed E-state index contributed by atoms with van der Waals surface area (Å²) >= 11 is 0. The van der Waals surface area contributed by atoms with Crippen molar-refractivity contribution < 1.29 is 0 Å². The van der Waals surface area contributed by atoms with E-state index >= 15 is 0 Å². The predicted octanol–water partition coefficient (Wildman–Crippen LogP) is 3.12. The maximum atomic E-state index is 4.41. The summed E-state index contributed by atoms with van der Waals surface area (Å²) in [4.78, 5) is 4.41. The van der Waals surface area contributed by atoms with Crippen LogP contribution in [0.1, 0.15) is 30.2 Å². The van der Waals surface area contributed by atoms with Gasteiger partial charge in [-0.05, 0) is 55.6 Å². The zero-order valence-corrected chi connectivity index (χ0v) is 13.6. The first-order valence-corrected chi connectivity index (χ1v) is 7.92. The minimum Gasteiger partial charge on any atom is -0.316 e. The zero-order valence-electron chi connectivity index (χ0n) is 13.6. The highest BCUT2D eigenvalue weighted by atomic mass is 14.9. The molecule has 0 saturated heterocycles. The molecule has 2 rings (SSSR count). The van der Waals surface area contributed by atoms with Crippen LogP contribution in [-0.2, 0) is 19.5 Å². The maximum Gasteiger partial charge on any atom is 0.0544 e. The summed E-state index contributed by atoms with van der Waals surface area (Å²) in [5.74, 6) is 1.51. The topological polar surface area (TPSA) is 37.0 Å². The van der Waals surface area contributed by atoms with E-state index in [1.165, 1.54) is 17.0 Å². The van der Waals surface area contributed by atoms with Crippen LogP contribution < -0.4 is 10.6 Å². The third-order valence-corrected chi connectivity index (χ3v) is 3.65. The van der Waals surface area contributed by atoms with Crippen molar-refractivity contribution in [1.29, 1.82) is 0 Å².